The molecule has 0 saturated heterocycles. The van der Waals surface area contributed by atoms with Crippen LogP contribution in [-0.2, 0) is 14.6 Å². The van der Waals surface area contributed by atoms with E-state index in [0.717, 1.165) is 18.5 Å². The lowest BCUT2D eigenvalue weighted by Gasteiger charge is -2.17. The highest BCUT2D eigenvalue weighted by Crippen LogP contribution is 2.54. The topological polar surface area (TPSA) is 154 Å². The van der Waals surface area contributed by atoms with Gasteiger partial charge in [0.2, 0.25) is 0 Å². The van der Waals surface area contributed by atoms with Crippen molar-refractivity contribution in [2.75, 3.05) is 11.1 Å². The summed E-state index contributed by atoms with van der Waals surface area (Å²) in [6.07, 6.45) is 2.71. The molecule has 0 atom stereocenters. The number of pyridine rings is 1. The fraction of sp³-hybridized carbons (Fsp3) is 0.158. The van der Waals surface area contributed by atoms with E-state index in [1.807, 2.05) is 0 Å². The average Bonchev–Trinajstić information content (AvgIpc) is 3.50. The van der Waals surface area contributed by atoms with E-state index in [1.54, 1.807) is 24.3 Å². The molecule has 0 spiro atoms. The van der Waals surface area contributed by atoms with Gasteiger partial charge in [-0.15, -0.1) is 0 Å². The summed E-state index contributed by atoms with van der Waals surface area (Å²) in [6.45, 7) is 0. The van der Waals surface area contributed by atoms with Crippen LogP contribution in [0.4, 0.5) is 20.7 Å². The van der Waals surface area contributed by atoms with Gasteiger partial charge in [0.25, 0.3) is 0 Å². The van der Waals surface area contributed by atoms with Crippen LogP contribution < -0.4 is 16.8 Å². The minimum Gasteiger partial charge on any atom is -0.384 e. The third-order valence-corrected chi connectivity index (χ3v) is 7.32. The van der Waals surface area contributed by atoms with Crippen LogP contribution in [0.1, 0.15) is 18.5 Å². The first-order valence-corrected chi connectivity index (χ1v) is 10.4. The van der Waals surface area contributed by atoms with Crippen LogP contribution in [0, 0.1) is 5.82 Å². The number of hydrogen-bond donors (Lipinski definition) is 3. The quantitative estimate of drug-likeness (QED) is 0.563. The molecule has 1 aliphatic rings. The van der Waals surface area contributed by atoms with E-state index in [1.165, 1.54) is 6.07 Å². The number of rotatable bonds is 5. The number of nitrogen functional groups attached to an aromatic ring is 1. The molecule has 3 aromatic rings. The number of anilines is 2. The Hall–Kier alpha value is -3.60. The van der Waals surface area contributed by atoms with Gasteiger partial charge in [-0.2, -0.15) is 0 Å². The fourth-order valence-corrected chi connectivity index (χ4v) is 5.15. The first kappa shape index (κ1) is 19.7. The lowest BCUT2D eigenvalue weighted by atomic mass is 10.1. The van der Waals surface area contributed by atoms with Crippen molar-refractivity contribution < 1.29 is 17.6 Å². The molecule has 2 amide bonds. The second kappa shape index (κ2) is 7.02. The van der Waals surface area contributed by atoms with Gasteiger partial charge in [0.1, 0.15) is 16.4 Å². The van der Waals surface area contributed by atoms with Crippen molar-refractivity contribution in [1.29, 1.82) is 0 Å². The Labute approximate surface area is 171 Å². The van der Waals surface area contributed by atoms with Gasteiger partial charge in [0.05, 0.1) is 16.8 Å². The van der Waals surface area contributed by atoms with Crippen LogP contribution in [0.3, 0.4) is 0 Å². The number of amides is 2. The van der Waals surface area contributed by atoms with Gasteiger partial charge in [-0.05, 0) is 43.2 Å². The van der Waals surface area contributed by atoms with Gasteiger partial charge < -0.3 is 16.8 Å². The highest BCUT2D eigenvalue weighted by Gasteiger charge is 2.58. The van der Waals surface area contributed by atoms with Crippen molar-refractivity contribution in [1.82, 2.24) is 15.0 Å². The van der Waals surface area contributed by atoms with E-state index in [-0.39, 0.29) is 22.2 Å². The molecule has 9 nitrogen and oxygen atoms in total. The first-order chi connectivity index (χ1) is 14.2. The largest absolute Gasteiger partial charge is 0.384 e. The summed E-state index contributed by atoms with van der Waals surface area (Å²) in [4.78, 5) is 23.0. The van der Waals surface area contributed by atoms with Gasteiger partial charge in [0, 0.05) is 23.5 Å². The Balaban J connectivity index is 1.74. The molecular weight excluding hydrogens is 411 g/mol. The summed E-state index contributed by atoms with van der Waals surface area (Å²) in [7, 11) is -3.95. The molecule has 30 heavy (non-hydrogen) atoms. The van der Waals surface area contributed by atoms with E-state index in [9.17, 15) is 17.6 Å². The standard InChI is InChI=1S/C19H17FN6O3S/c20-12-7-14(10-23-9-12)30(28,29)19(5-6-19)15-8-16(21)26-17(25-15)11-1-3-13(4-2-11)24-18(22)27/h1-4,7-10H,5-6H2,(H2,21,25,26)(H3,22,24,27). The second-order valence-electron chi connectivity index (χ2n) is 6.90. The van der Waals surface area contributed by atoms with Crippen LogP contribution in [0.25, 0.3) is 11.4 Å². The van der Waals surface area contributed by atoms with E-state index in [0.29, 0.717) is 24.1 Å². The molecule has 4 rings (SSSR count). The zero-order valence-electron chi connectivity index (χ0n) is 15.5. The zero-order valence-corrected chi connectivity index (χ0v) is 16.4. The molecule has 0 bridgehead atoms. The third-order valence-electron chi connectivity index (χ3n) is 4.83. The minimum absolute atomic E-state index is 0.105. The summed E-state index contributed by atoms with van der Waals surface area (Å²) < 4.78 is 38.7. The predicted molar refractivity (Wildman–Crippen MR) is 107 cm³/mol. The lowest BCUT2D eigenvalue weighted by molar-refractivity contribution is 0.259. The van der Waals surface area contributed by atoms with Gasteiger partial charge >= 0.3 is 6.03 Å². The molecule has 11 heteroatoms. The number of nitrogens with one attached hydrogen (secondary N) is 1. The Kier molecular flexibility index (Phi) is 4.61. The minimum atomic E-state index is -3.95. The van der Waals surface area contributed by atoms with Crippen molar-refractivity contribution in [3.05, 3.63) is 60.3 Å². The molecule has 0 aliphatic heterocycles. The van der Waals surface area contributed by atoms with E-state index >= 15 is 0 Å². The number of nitrogens with zero attached hydrogens (tertiary/aromatic N) is 3. The number of sulfone groups is 1. The number of carbonyl (C=O) groups excluding carboxylic acids is 1. The Morgan fingerprint density at radius 3 is 2.40 bits per heavy atom. The predicted octanol–water partition coefficient (Wildman–Crippen LogP) is 2.21. The number of nitrogens with two attached hydrogens (primary N) is 2. The van der Waals surface area contributed by atoms with Crippen molar-refractivity contribution in [3.8, 4) is 11.4 Å². The average molecular weight is 428 g/mol. The molecule has 0 unspecified atom stereocenters. The van der Waals surface area contributed by atoms with Crippen LogP contribution in [-0.4, -0.2) is 29.4 Å². The number of urea groups is 1. The molecule has 0 radical (unpaired) electrons. The normalized spacial score (nSPS) is 14.8. The third kappa shape index (κ3) is 3.43. The van der Waals surface area contributed by atoms with Crippen LogP contribution in [0.2, 0.25) is 0 Å². The summed E-state index contributed by atoms with van der Waals surface area (Å²) in [5, 5.41) is 2.44. The van der Waals surface area contributed by atoms with Crippen molar-refractivity contribution in [3.63, 3.8) is 0 Å². The van der Waals surface area contributed by atoms with Crippen molar-refractivity contribution >= 4 is 27.4 Å². The molecule has 1 aromatic carbocycles. The summed E-state index contributed by atoms with van der Waals surface area (Å²) >= 11 is 0. The molecular formula is C19H17FN6O3S. The summed E-state index contributed by atoms with van der Waals surface area (Å²) in [5.74, 6) is -0.401. The van der Waals surface area contributed by atoms with Crippen molar-refractivity contribution in [2.45, 2.75) is 22.5 Å². The Morgan fingerprint density at radius 1 is 1.10 bits per heavy atom. The van der Waals surface area contributed by atoms with Gasteiger partial charge in [-0.3, -0.25) is 4.98 Å². The highest BCUT2D eigenvalue weighted by atomic mass is 32.2. The van der Waals surface area contributed by atoms with Gasteiger partial charge in [-0.1, -0.05) is 0 Å². The van der Waals surface area contributed by atoms with E-state index in [2.05, 4.69) is 20.3 Å². The molecule has 2 heterocycles. The summed E-state index contributed by atoms with van der Waals surface area (Å²) in [5.41, 5.74) is 12.3. The number of aromatic nitrogens is 3. The monoisotopic (exact) mass is 428 g/mol. The second-order valence-corrected chi connectivity index (χ2v) is 9.16. The van der Waals surface area contributed by atoms with E-state index in [4.69, 9.17) is 11.5 Å². The summed E-state index contributed by atoms with van der Waals surface area (Å²) in [6, 6.07) is 8.17. The van der Waals surface area contributed by atoms with Crippen molar-refractivity contribution in [2.24, 2.45) is 5.73 Å². The van der Waals surface area contributed by atoms with E-state index < -0.39 is 26.4 Å². The number of halogens is 1. The number of hydrogen-bond acceptors (Lipinski definition) is 7. The lowest BCUT2D eigenvalue weighted by Crippen LogP contribution is -2.23. The molecule has 1 saturated carbocycles. The van der Waals surface area contributed by atoms with Crippen LogP contribution in [0.5, 0.6) is 0 Å². The maximum absolute atomic E-state index is 13.6. The maximum Gasteiger partial charge on any atom is 0.316 e. The molecule has 2 aromatic heterocycles. The van der Waals surface area contributed by atoms with Gasteiger partial charge in [0.15, 0.2) is 15.7 Å². The van der Waals surface area contributed by atoms with Crippen LogP contribution >= 0.6 is 0 Å². The number of benzene rings is 1. The fourth-order valence-electron chi connectivity index (χ4n) is 3.21. The maximum atomic E-state index is 13.6. The highest BCUT2D eigenvalue weighted by molar-refractivity contribution is 7.92. The SMILES string of the molecule is NC(=O)Nc1ccc(-c2nc(N)cc(C3(S(=O)(=O)c4cncc(F)c4)CC3)n2)cc1. The Bertz CT molecular complexity index is 1240. The van der Waals surface area contributed by atoms with Crippen LogP contribution in [0.15, 0.2) is 53.7 Å². The molecule has 154 valence electrons. The molecule has 1 fully saturated rings. The number of primary amides is 1. The number of carbonyl (C=O) groups is 1. The zero-order chi connectivity index (χ0) is 21.5. The molecule has 1 aliphatic carbocycles. The van der Waals surface area contributed by atoms with Gasteiger partial charge in [-0.25, -0.2) is 27.6 Å². The smallest absolute Gasteiger partial charge is 0.316 e. The molecule has 5 N–H and O–H groups in total. The Morgan fingerprint density at radius 2 is 1.80 bits per heavy atom. The first-order valence-electron chi connectivity index (χ1n) is 8.88.